The third kappa shape index (κ3) is 4.75. The van der Waals surface area contributed by atoms with E-state index in [2.05, 4.69) is 17.0 Å². The van der Waals surface area contributed by atoms with Gasteiger partial charge < -0.3 is 10.1 Å². The van der Waals surface area contributed by atoms with Crippen LogP contribution in [-0.2, 0) is 21.3 Å². The van der Waals surface area contributed by atoms with Gasteiger partial charge in [0.05, 0.1) is 11.0 Å². The number of sulfonamides is 1. The monoisotopic (exact) mass is 332 g/mol. The summed E-state index contributed by atoms with van der Waals surface area (Å²) in [6, 6.07) is 1.78. The summed E-state index contributed by atoms with van der Waals surface area (Å²) >= 11 is 1.54. The Bertz CT molecular complexity index is 549. The lowest BCUT2D eigenvalue weighted by Crippen LogP contribution is -2.31. The molecule has 0 saturated carbocycles. The Morgan fingerprint density at radius 2 is 2.29 bits per heavy atom. The molecule has 2 N–H and O–H groups in total. The van der Waals surface area contributed by atoms with Gasteiger partial charge in [-0.15, -0.1) is 11.3 Å². The first-order valence-electron chi connectivity index (χ1n) is 7.44. The minimum atomic E-state index is -3.44. The van der Waals surface area contributed by atoms with E-state index in [9.17, 15) is 8.42 Å². The zero-order valence-corrected chi connectivity index (χ0v) is 14.3. The molecule has 0 bridgehead atoms. The third-order valence-corrected chi connectivity index (χ3v) is 6.19. The van der Waals surface area contributed by atoms with Gasteiger partial charge in [0, 0.05) is 29.5 Å². The molecule has 1 aromatic rings. The van der Waals surface area contributed by atoms with Gasteiger partial charge in [0.25, 0.3) is 0 Å². The average molecular weight is 332 g/mol. The molecule has 1 aromatic heterocycles. The van der Waals surface area contributed by atoms with Crippen LogP contribution in [0.15, 0.2) is 11.0 Å². The van der Waals surface area contributed by atoms with E-state index in [1.54, 1.807) is 6.07 Å². The molecule has 1 fully saturated rings. The first-order chi connectivity index (χ1) is 10.0. The summed E-state index contributed by atoms with van der Waals surface area (Å²) < 4.78 is 32.9. The first-order valence-corrected chi connectivity index (χ1v) is 9.74. The second-order valence-corrected chi connectivity index (χ2v) is 8.37. The molecule has 0 aliphatic carbocycles. The van der Waals surface area contributed by atoms with Crippen LogP contribution in [0.4, 0.5) is 0 Å². The van der Waals surface area contributed by atoms with Gasteiger partial charge >= 0.3 is 0 Å². The summed E-state index contributed by atoms with van der Waals surface area (Å²) in [7, 11) is -3.44. The number of aryl methyl sites for hydroxylation is 1. The minimum absolute atomic E-state index is 0.0180. The minimum Gasteiger partial charge on any atom is -0.377 e. The van der Waals surface area contributed by atoms with E-state index in [1.807, 2.05) is 6.92 Å². The molecule has 5 nitrogen and oxygen atoms in total. The Kier molecular flexibility index (Phi) is 6.19. The molecule has 1 aliphatic rings. The number of ether oxygens (including phenoxy) is 1. The van der Waals surface area contributed by atoms with E-state index < -0.39 is 10.0 Å². The van der Waals surface area contributed by atoms with Gasteiger partial charge in [-0.3, -0.25) is 0 Å². The molecule has 2 heterocycles. The molecule has 0 amide bonds. The van der Waals surface area contributed by atoms with Crippen molar-refractivity contribution < 1.29 is 13.2 Å². The molecule has 1 saturated heterocycles. The Hall–Kier alpha value is -0.470. The second kappa shape index (κ2) is 7.69. The zero-order valence-electron chi connectivity index (χ0n) is 12.6. The predicted molar refractivity (Wildman–Crippen MR) is 85.2 cm³/mol. The lowest BCUT2D eigenvalue weighted by atomic mass is 10.2. The average Bonchev–Trinajstić information content (AvgIpc) is 3.07. The summed E-state index contributed by atoms with van der Waals surface area (Å²) in [5.74, 6) is 0. The maximum atomic E-state index is 12.4. The van der Waals surface area contributed by atoms with Crippen molar-refractivity contribution in [2.75, 3.05) is 19.7 Å². The van der Waals surface area contributed by atoms with Gasteiger partial charge in [-0.1, -0.05) is 6.92 Å². The summed E-state index contributed by atoms with van der Waals surface area (Å²) in [5, 5.41) is 3.30. The Morgan fingerprint density at radius 3 is 2.95 bits per heavy atom. The molecule has 0 aromatic carbocycles. The van der Waals surface area contributed by atoms with Crippen LogP contribution in [0, 0.1) is 6.92 Å². The summed E-state index contributed by atoms with van der Waals surface area (Å²) in [6.07, 6.45) is 3.02. The number of hydrogen-bond acceptors (Lipinski definition) is 5. The maximum Gasteiger partial charge on any atom is 0.241 e. The van der Waals surface area contributed by atoms with Crippen LogP contribution in [0.3, 0.4) is 0 Å². The largest absolute Gasteiger partial charge is 0.377 e. The highest BCUT2D eigenvalue weighted by Gasteiger charge is 2.23. The molecule has 0 radical (unpaired) electrons. The van der Waals surface area contributed by atoms with Crippen molar-refractivity contribution in [1.82, 2.24) is 10.0 Å². The first kappa shape index (κ1) is 16.9. The van der Waals surface area contributed by atoms with Crippen molar-refractivity contribution in [2.24, 2.45) is 0 Å². The molecule has 1 atom stereocenters. The summed E-state index contributed by atoms with van der Waals surface area (Å²) in [5.41, 5.74) is 0. The number of rotatable bonds is 8. The van der Waals surface area contributed by atoms with E-state index in [0.717, 1.165) is 48.7 Å². The van der Waals surface area contributed by atoms with Crippen molar-refractivity contribution in [1.29, 1.82) is 0 Å². The molecule has 21 heavy (non-hydrogen) atoms. The topological polar surface area (TPSA) is 67.4 Å². The lowest BCUT2D eigenvalue weighted by molar-refractivity contribution is 0.114. The van der Waals surface area contributed by atoms with E-state index in [4.69, 9.17) is 4.74 Å². The van der Waals surface area contributed by atoms with E-state index in [1.165, 1.54) is 11.3 Å². The highest BCUT2D eigenvalue weighted by atomic mass is 32.2. The van der Waals surface area contributed by atoms with Crippen LogP contribution in [-0.4, -0.2) is 34.2 Å². The molecular weight excluding hydrogens is 308 g/mol. The highest BCUT2D eigenvalue weighted by Crippen LogP contribution is 2.25. The normalized spacial score (nSPS) is 19.2. The van der Waals surface area contributed by atoms with Crippen molar-refractivity contribution in [3.05, 3.63) is 15.8 Å². The Labute approximate surface area is 131 Å². The quantitative estimate of drug-likeness (QED) is 0.715. The SMILES string of the molecule is CCCNCc1cc(S(=O)(=O)NCC2CCCO2)c(C)s1. The standard InChI is InChI=1S/C14H24N2O3S2/c1-3-6-15-10-13-8-14(11(2)20-13)21(17,18)16-9-12-5-4-7-19-12/h8,12,15-16H,3-7,9-10H2,1-2H3. The maximum absolute atomic E-state index is 12.4. The van der Waals surface area contributed by atoms with Gasteiger partial charge in [-0.05, 0) is 38.8 Å². The van der Waals surface area contributed by atoms with Crippen molar-refractivity contribution in [3.63, 3.8) is 0 Å². The van der Waals surface area contributed by atoms with Gasteiger partial charge in [-0.25, -0.2) is 13.1 Å². The van der Waals surface area contributed by atoms with E-state index in [0.29, 0.717) is 11.4 Å². The molecule has 1 unspecified atom stereocenters. The lowest BCUT2D eigenvalue weighted by Gasteiger charge is -2.11. The summed E-state index contributed by atoms with van der Waals surface area (Å²) in [4.78, 5) is 2.29. The van der Waals surface area contributed by atoms with Crippen LogP contribution >= 0.6 is 11.3 Å². The summed E-state index contributed by atoms with van der Waals surface area (Å²) in [6.45, 7) is 6.72. The fourth-order valence-electron chi connectivity index (χ4n) is 2.35. The van der Waals surface area contributed by atoms with Crippen LogP contribution in [0.1, 0.15) is 35.9 Å². The molecule has 2 rings (SSSR count). The second-order valence-electron chi connectivity index (χ2n) is 5.30. The van der Waals surface area contributed by atoms with Crippen LogP contribution in [0.2, 0.25) is 0 Å². The third-order valence-electron chi connectivity index (χ3n) is 3.46. The Morgan fingerprint density at radius 1 is 1.48 bits per heavy atom. The smallest absolute Gasteiger partial charge is 0.241 e. The van der Waals surface area contributed by atoms with E-state index >= 15 is 0 Å². The van der Waals surface area contributed by atoms with Gasteiger partial charge in [-0.2, -0.15) is 0 Å². The molecule has 120 valence electrons. The van der Waals surface area contributed by atoms with Gasteiger partial charge in [0.15, 0.2) is 0 Å². The van der Waals surface area contributed by atoms with Crippen LogP contribution in [0.5, 0.6) is 0 Å². The molecule has 7 heteroatoms. The number of thiophene rings is 1. The highest BCUT2D eigenvalue weighted by molar-refractivity contribution is 7.89. The fraction of sp³-hybridized carbons (Fsp3) is 0.714. The zero-order chi connectivity index (χ0) is 15.3. The molecular formula is C14H24N2O3S2. The predicted octanol–water partition coefficient (Wildman–Crippen LogP) is 2.01. The fourth-order valence-corrected chi connectivity index (χ4v) is 5.02. The van der Waals surface area contributed by atoms with Crippen LogP contribution in [0.25, 0.3) is 0 Å². The van der Waals surface area contributed by atoms with Gasteiger partial charge in [0.2, 0.25) is 10.0 Å². The number of hydrogen-bond donors (Lipinski definition) is 2. The van der Waals surface area contributed by atoms with Crippen LogP contribution < -0.4 is 10.0 Å². The molecule has 1 aliphatic heterocycles. The number of nitrogens with one attached hydrogen (secondary N) is 2. The van der Waals surface area contributed by atoms with Gasteiger partial charge in [0.1, 0.15) is 0 Å². The van der Waals surface area contributed by atoms with Crippen molar-refractivity contribution in [3.8, 4) is 0 Å². The van der Waals surface area contributed by atoms with Crippen molar-refractivity contribution >= 4 is 21.4 Å². The molecule has 0 spiro atoms. The van der Waals surface area contributed by atoms with Crippen molar-refractivity contribution in [2.45, 2.75) is 50.7 Å². The Balaban J connectivity index is 1.97. The van der Waals surface area contributed by atoms with E-state index in [-0.39, 0.29) is 6.10 Å².